The van der Waals surface area contributed by atoms with Gasteiger partial charge in [0.2, 0.25) is 0 Å². The van der Waals surface area contributed by atoms with Crippen molar-refractivity contribution in [1.29, 1.82) is 0 Å². The SMILES string of the molecule is CN(C)C(=O)COc1cccc(CNc2ncnc3sc4c(c23)CCCC4)c1. The fourth-order valence-electron chi connectivity index (χ4n) is 3.43. The van der Waals surface area contributed by atoms with E-state index in [1.54, 1.807) is 31.8 Å². The number of carbonyl (C=O) groups excluding carboxylic acids is 1. The number of nitrogens with zero attached hydrogens (tertiary/aromatic N) is 3. The average molecular weight is 397 g/mol. The number of ether oxygens (including phenoxy) is 1. The van der Waals surface area contributed by atoms with Gasteiger partial charge in [-0.1, -0.05) is 12.1 Å². The third-order valence-corrected chi connectivity index (χ3v) is 6.17. The first kappa shape index (κ1) is 18.7. The van der Waals surface area contributed by atoms with Crippen LogP contribution in [-0.4, -0.2) is 41.5 Å². The first-order valence-electron chi connectivity index (χ1n) is 9.53. The maximum atomic E-state index is 11.7. The number of fused-ring (bicyclic) bond motifs is 3. The number of nitrogens with one attached hydrogen (secondary N) is 1. The number of carbonyl (C=O) groups is 1. The number of thiophene rings is 1. The Labute approximate surface area is 168 Å². The minimum atomic E-state index is -0.0610. The van der Waals surface area contributed by atoms with Gasteiger partial charge in [0.1, 0.15) is 22.7 Å². The fourth-order valence-corrected chi connectivity index (χ4v) is 4.66. The average Bonchev–Trinajstić information content (AvgIpc) is 3.10. The predicted molar refractivity (Wildman–Crippen MR) is 112 cm³/mol. The summed E-state index contributed by atoms with van der Waals surface area (Å²) in [6.45, 7) is 0.674. The summed E-state index contributed by atoms with van der Waals surface area (Å²) in [6.07, 6.45) is 6.40. The molecule has 146 valence electrons. The van der Waals surface area contributed by atoms with Crippen molar-refractivity contribution in [1.82, 2.24) is 14.9 Å². The van der Waals surface area contributed by atoms with Crippen molar-refractivity contribution in [2.45, 2.75) is 32.2 Å². The molecule has 2 heterocycles. The maximum absolute atomic E-state index is 11.7. The van der Waals surface area contributed by atoms with Crippen LogP contribution in [0.1, 0.15) is 28.8 Å². The van der Waals surface area contributed by atoms with Crippen molar-refractivity contribution >= 4 is 33.3 Å². The second-order valence-electron chi connectivity index (χ2n) is 7.19. The van der Waals surface area contributed by atoms with Crippen LogP contribution in [0, 0.1) is 0 Å². The van der Waals surface area contributed by atoms with Crippen LogP contribution in [0.5, 0.6) is 5.75 Å². The molecule has 1 aliphatic rings. The molecule has 7 heteroatoms. The topological polar surface area (TPSA) is 67.3 Å². The number of anilines is 1. The van der Waals surface area contributed by atoms with Crippen molar-refractivity contribution < 1.29 is 9.53 Å². The smallest absolute Gasteiger partial charge is 0.259 e. The molecule has 0 atom stereocenters. The molecular formula is C21H24N4O2S. The number of hydrogen-bond acceptors (Lipinski definition) is 6. The first-order valence-corrected chi connectivity index (χ1v) is 10.3. The van der Waals surface area contributed by atoms with Gasteiger partial charge in [-0.15, -0.1) is 11.3 Å². The number of aryl methyl sites for hydroxylation is 2. The zero-order valence-corrected chi connectivity index (χ0v) is 17.0. The van der Waals surface area contributed by atoms with E-state index >= 15 is 0 Å². The lowest BCUT2D eigenvalue weighted by molar-refractivity contribution is -0.130. The van der Waals surface area contributed by atoms with Gasteiger partial charge in [0, 0.05) is 25.5 Å². The molecule has 1 N–H and O–H groups in total. The van der Waals surface area contributed by atoms with Gasteiger partial charge in [-0.05, 0) is 48.9 Å². The van der Waals surface area contributed by atoms with E-state index in [1.807, 2.05) is 24.3 Å². The summed E-state index contributed by atoms with van der Waals surface area (Å²) < 4.78 is 5.61. The van der Waals surface area contributed by atoms with Gasteiger partial charge in [0.05, 0.1) is 5.39 Å². The summed E-state index contributed by atoms with van der Waals surface area (Å²) in [5, 5.41) is 4.66. The normalized spacial score (nSPS) is 13.2. The summed E-state index contributed by atoms with van der Waals surface area (Å²) >= 11 is 1.80. The van der Waals surface area contributed by atoms with Crippen LogP contribution >= 0.6 is 11.3 Å². The number of rotatable bonds is 6. The molecular weight excluding hydrogens is 372 g/mol. The summed E-state index contributed by atoms with van der Waals surface area (Å²) in [5.74, 6) is 1.53. The third-order valence-electron chi connectivity index (χ3n) is 4.97. The predicted octanol–water partition coefficient (Wildman–Crippen LogP) is 3.65. The van der Waals surface area contributed by atoms with Gasteiger partial charge >= 0.3 is 0 Å². The minimum Gasteiger partial charge on any atom is -0.484 e. The third kappa shape index (κ3) is 3.94. The van der Waals surface area contributed by atoms with Crippen LogP contribution in [0.2, 0.25) is 0 Å². The summed E-state index contributed by atoms with van der Waals surface area (Å²) in [5.41, 5.74) is 2.50. The number of benzene rings is 1. The van der Waals surface area contributed by atoms with E-state index in [0.29, 0.717) is 12.3 Å². The zero-order valence-electron chi connectivity index (χ0n) is 16.2. The molecule has 1 aliphatic carbocycles. The summed E-state index contributed by atoms with van der Waals surface area (Å²) in [4.78, 5) is 24.8. The second-order valence-corrected chi connectivity index (χ2v) is 8.27. The molecule has 4 rings (SSSR count). The van der Waals surface area contributed by atoms with Gasteiger partial charge in [-0.25, -0.2) is 9.97 Å². The standard InChI is InChI=1S/C21H24N4O2S/c1-25(2)18(26)12-27-15-7-5-6-14(10-15)11-22-20-19-16-8-3-4-9-17(16)28-21(19)24-13-23-20/h5-7,10,13H,3-4,8-9,11-12H2,1-2H3,(H,22,23,24). The zero-order chi connectivity index (χ0) is 19.5. The lowest BCUT2D eigenvalue weighted by Crippen LogP contribution is -2.27. The molecule has 0 saturated heterocycles. The number of aromatic nitrogens is 2. The molecule has 0 unspecified atom stereocenters. The van der Waals surface area contributed by atoms with E-state index in [9.17, 15) is 4.79 Å². The molecule has 28 heavy (non-hydrogen) atoms. The number of likely N-dealkylation sites (N-methyl/N-ethyl adjacent to an activating group) is 1. The summed E-state index contributed by atoms with van der Waals surface area (Å²) in [6, 6.07) is 7.80. The van der Waals surface area contributed by atoms with Crippen LogP contribution in [0.15, 0.2) is 30.6 Å². The Kier molecular flexibility index (Phi) is 5.43. The van der Waals surface area contributed by atoms with E-state index in [-0.39, 0.29) is 12.5 Å². The highest BCUT2D eigenvalue weighted by atomic mass is 32.1. The largest absolute Gasteiger partial charge is 0.484 e. The van der Waals surface area contributed by atoms with Crippen LogP contribution < -0.4 is 10.1 Å². The van der Waals surface area contributed by atoms with Gasteiger partial charge in [-0.2, -0.15) is 0 Å². The molecule has 1 aromatic carbocycles. The van der Waals surface area contributed by atoms with Gasteiger partial charge in [-0.3, -0.25) is 4.79 Å². The Hall–Kier alpha value is -2.67. The highest BCUT2D eigenvalue weighted by molar-refractivity contribution is 7.19. The Morgan fingerprint density at radius 1 is 1.25 bits per heavy atom. The van der Waals surface area contributed by atoms with Crippen LogP contribution in [0.4, 0.5) is 5.82 Å². The molecule has 3 aromatic rings. The van der Waals surface area contributed by atoms with Crippen molar-refractivity contribution in [2.24, 2.45) is 0 Å². The van der Waals surface area contributed by atoms with E-state index < -0.39 is 0 Å². The molecule has 2 aromatic heterocycles. The Bertz CT molecular complexity index is 999. The lowest BCUT2D eigenvalue weighted by atomic mass is 9.97. The van der Waals surface area contributed by atoms with E-state index in [4.69, 9.17) is 4.74 Å². The fraction of sp³-hybridized carbons (Fsp3) is 0.381. The minimum absolute atomic E-state index is 0.0391. The maximum Gasteiger partial charge on any atom is 0.259 e. The molecule has 0 spiro atoms. The van der Waals surface area contributed by atoms with Crippen molar-refractivity contribution in [3.8, 4) is 5.75 Å². The molecule has 0 bridgehead atoms. The number of amides is 1. The Balaban J connectivity index is 1.48. The van der Waals surface area contributed by atoms with E-state index in [1.165, 1.54) is 33.6 Å². The van der Waals surface area contributed by atoms with Crippen LogP contribution in [0.25, 0.3) is 10.2 Å². The van der Waals surface area contributed by atoms with E-state index in [2.05, 4.69) is 15.3 Å². The first-order chi connectivity index (χ1) is 13.6. The quantitative estimate of drug-likeness (QED) is 0.689. The second kappa shape index (κ2) is 8.14. The van der Waals surface area contributed by atoms with Crippen molar-refractivity contribution in [3.63, 3.8) is 0 Å². The Morgan fingerprint density at radius 3 is 2.96 bits per heavy atom. The monoisotopic (exact) mass is 396 g/mol. The Morgan fingerprint density at radius 2 is 2.11 bits per heavy atom. The van der Waals surface area contributed by atoms with Crippen LogP contribution in [-0.2, 0) is 24.2 Å². The van der Waals surface area contributed by atoms with Gasteiger partial charge in [0.15, 0.2) is 6.61 Å². The van der Waals surface area contributed by atoms with Crippen LogP contribution in [0.3, 0.4) is 0 Å². The molecule has 6 nitrogen and oxygen atoms in total. The van der Waals surface area contributed by atoms with Crippen molar-refractivity contribution in [2.75, 3.05) is 26.0 Å². The molecule has 0 aliphatic heterocycles. The van der Waals surface area contributed by atoms with Gasteiger partial charge < -0.3 is 15.0 Å². The lowest BCUT2D eigenvalue weighted by Gasteiger charge is -2.13. The highest BCUT2D eigenvalue weighted by Crippen LogP contribution is 2.38. The molecule has 1 amide bonds. The van der Waals surface area contributed by atoms with E-state index in [0.717, 1.165) is 29.1 Å². The number of hydrogen-bond donors (Lipinski definition) is 1. The molecule has 0 saturated carbocycles. The highest BCUT2D eigenvalue weighted by Gasteiger charge is 2.19. The van der Waals surface area contributed by atoms with Gasteiger partial charge in [0.25, 0.3) is 5.91 Å². The summed E-state index contributed by atoms with van der Waals surface area (Å²) in [7, 11) is 3.44. The van der Waals surface area contributed by atoms with Crippen molar-refractivity contribution in [3.05, 3.63) is 46.6 Å². The molecule has 0 fully saturated rings. The molecule has 0 radical (unpaired) electrons.